The van der Waals surface area contributed by atoms with Crippen LogP contribution in [0.15, 0.2) is 109 Å². The maximum absolute atomic E-state index is 12.8. The SMILES string of the molecule is C[C@@H]1OCC2(CCNCC2)[C@@H]1N[S@](=O)C(C)(C)C.Cc1nc(Cl)n2ccnc2c1Br.Cc1nc(N2CCC3(CC2)CO[C@@H](C)[C@H]3N)n2ccnc2c1-c1cccc(Cl)c1Cl.Cc1nc(N2CCC3(CC2)CO[C@@H](C)[C@H]3N[S@](=O)C(C)(C)C)n2ccnc2c1Br.N=N/N=N/N=N/N.OB(O)c1cccc(Cl)c1Cl. The van der Waals surface area contributed by atoms with Crippen LogP contribution >= 0.6 is 89.9 Å². The van der Waals surface area contributed by atoms with Crippen LogP contribution in [-0.2, 0) is 36.2 Å². The number of nitrogens with zero attached hydrogens (tertiary/aromatic N) is 16. The van der Waals surface area contributed by atoms with Crippen LogP contribution in [-0.4, -0.2) is 174 Å². The van der Waals surface area contributed by atoms with Crippen molar-refractivity contribution in [3.8, 4) is 11.1 Å². The summed E-state index contributed by atoms with van der Waals surface area (Å²) < 4.78 is 56.7. The van der Waals surface area contributed by atoms with Gasteiger partial charge in [-0.1, -0.05) is 75.9 Å². The van der Waals surface area contributed by atoms with Crippen molar-refractivity contribution in [1.29, 1.82) is 5.53 Å². The fourth-order valence-electron chi connectivity index (χ4n) is 14.0. The van der Waals surface area contributed by atoms with Gasteiger partial charge in [0.2, 0.25) is 17.2 Å². The fraction of sp³-hybridized carbons (Fsp3) is 0.559. The Morgan fingerprint density at radius 3 is 1.54 bits per heavy atom. The monoisotopic (exact) mass is 1740 g/mol. The minimum Gasteiger partial charge on any atom is -0.423 e. The number of ether oxygens (including phenoxy) is 3. The van der Waals surface area contributed by atoms with Crippen molar-refractivity contribution in [2.45, 2.75) is 168 Å². The summed E-state index contributed by atoms with van der Waals surface area (Å²) in [5, 5.41) is 36.4. The smallest absolute Gasteiger partial charge is 0.423 e. The van der Waals surface area contributed by atoms with Crippen molar-refractivity contribution in [2.24, 2.45) is 53.9 Å². The molecule has 6 aliphatic heterocycles. The molecular weight excluding hydrogens is 1650 g/mol. The first-order valence-corrected chi connectivity index (χ1v) is 40.7. The number of imidazole rings is 3. The Bertz CT molecular complexity index is 4490. The third-order valence-corrected chi connectivity index (χ3v) is 27.2. The number of fused-ring (bicyclic) bond motifs is 3. The molecule has 12 heterocycles. The van der Waals surface area contributed by atoms with Crippen molar-refractivity contribution in [3.63, 3.8) is 0 Å². The van der Waals surface area contributed by atoms with Gasteiger partial charge in [0.15, 0.2) is 11.3 Å². The summed E-state index contributed by atoms with van der Waals surface area (Å²) in [6.07, 6.45) is 17.5. The lowest BCUT2D eigenvalue weighted by Gasteiger charge is -2.43. The van der Waals surface area contributed by atoms with Gasteiger partial charge < -0.3 is 51.0 Å². The summed E-state index contributed by atoms with van der Waals surface area (Å²) in [7, 11) is -3.71. The summed E-state index contributed by atoms with van der Waals surface area (Å²) in [5.74, 6) is 6.30. The Kier molecular flexibility index (Phi) is 29.7. The number of benzene rings is 2. The highest BCUT2D eigenvalue weighted by Gasteiger charge is 2.52. The molecule has 0 saturated carbocycles. The topological polar surface area (TPSA) is 373 Å². The zero-order valence-electron chi connectivity index (χ0n) is 61.8. The minimum absolute atomic E-state index is 0.00921. The second kappa shape index (κ2) is 37.0. The second-order valence-electron chi connectivity index (χ2n) is 29.3. The van der Waals surface area contributed by atoms with Crippen LogP contribution in [0.25, 0.3) is 28.1 Å². The van der Waals surface area contributed by atoms with Gasteiger partial charge in [0.1, 0.15) is 5.65 Å². The molecule has 10 N–H and O–H groups in total. The first kappa shape index (κ1) is 85.9. The molecule has 29 nitrogen and oxygen atoms in total. The first-order chi connectivity index (χ1) is 50.6. The summed E-state index contributed by atoms with van der Waals surface area (Å²) >= 11 is 36.9. The quantitative estimate of drug-likeness (QED) is 0.0207. The van der Waals surface area contributed by atoms with E-state index in [4.69, 9.17) is 103 Å². The highest BCUT2D eigenvalue weighted by atomic mass is 79.9. The van der Waals surface area contributed by atoms with E-state index < -0.39 is 29.1 Å². The standard InChI is InChI=1S/C22H25Cl2N5O.C20H30BrN5O2S.C13H26N2O2S.C7H5BrClN3.C6H5BCl2O2.H3N7/c1-13-17(15-4-3-5-16(23)18(15)24)20-26-8-11-29(20)21(27-13)28-9-6-22(7-10-28)12-30-14(2)19(22)25;1-13-15(21)17-22-8-11-26(17)18(23-13)25-9-6-20(7-10-25)12-28-14(2)16(20)24-29(27)19(3,4)5;1-10-11(15-18(16)12(2,3)4)13(9-17-10)5-7-14-8-6-13;1-4-5(8)6-10-2-3-12(6)7(9)11-4;8-5-3-1-2-4(6(5)9)7(10)11;1-3-5-7-6-4-2/h3-5,8,11,14,19H,6-7,9-10,12,25H2,1-2H3;8,11,14,16,24H,6-7,9-10,12H2,1-5H3;10-11,14-15H,5-9H2,1-4H3;2-3H,1H3;1-3,10-11H;(H3,1,2,5,6)/t14-,19+;14-,16+,29+;10-,11+,18+;;;/m000.../s1. The number of halogens is 7. The van der Waals surface area contributed by atoms with Crippen molar-refractivity contribution < 1.29 is 32.7 Å². The summed E-state index contributed by atoms with van der Waals surface area (Å²) in [4.78, 5) is 31.8. The van der Waals surface area contributed by atoms with E-state index in [9.17, 15) is 8.42 Å². The Balaban J connectivity index is 0.000000158. The van der Waals surface area contributed by atoms with Gasteiger partial charge in [-0.25, -0.2) is 47.8 Å². The van der Waals surface area contributed by atoms with Gasteiger partial charge in [-0.3, -0.25) is 13.2 Å². The Morgan fingerprint density at radius 1 is 0.617 bits per heavy atom. The van der Waals surface area contributed by atoms with Gasteiger partial charge in [-0.05, 0) is 211 Å². The van der Waals surface area contributed by atoms with Gasteiger partial charge in [0.05, 0.1) is 128 Å². The maximum Gasteiger partial charge on any atom is 0.490 e. The predicted molar refractivity (Wildman–Crippen MR) is 431 cm³/mol. The molecule has 6 aliphatic rings. The van der Waals surface area contributed by atoms with E-state index in [1.165, 1.54) is 6.07 Å². The van der Waals surface area contributed by atoms with Crippen LogP contribution < -0.4 is 41.6 Å². The zero-order valence-corrected chi connectivity index (χ0v) is 70.4. The third-order valence-electron chi connectivity index (χ3n) is 20.3. The number of anilines is 2. The molecule has 2 aromatic carbocycles. The molecule has 3 spiro atoms. The van der Waals surface area contributed by atoms with Gasteiger partial charge in [-0.2, -0.15) is 5.53 Å². The van der Waals surface area contributed by atoms with Crippen LogP contribution in [0.2, 0.25) is 25.4 Å². The van der Waals surface area contributed by atoms with Crippen LogP contribution in [0, 0.1) is 42.5 Å². The van der Waals surface area contributed by atoms with Crippen molar-refractivity contribution in [3.05, 3.63) is 125 Å². The Morgan fingerprint density at radius 2 is 1.06 bits per heavy atom. The average Bonchev–Trinajstić information content (AvgIpc) is 1.72. The molecule has 14 rings (SSSR count). The molecule has 6 fully saturated rings. The molecule has 107 heavy (non-hydrogen) atoms. The third kappa shape index (κ3) is 19.9. The molecule has 582 valence electrons. The summed E-state index contributed by atoms with van der Waals surface area (Å²) in [6.45, 7) is 32.1. The zero-order chi connectivity index (χ0) is 78.1. The largest absolute Gasteiger partial charge is 0.490 e. The number of nitrogens with two attached hydrogens (primary N) is 2. The van der Waals surface area contributed by atoms with E-state index in [0.29, 0.717) is 27.0 Å². The van der Waals surface area contributed by atoms with E-state index in [1.54, 1.807) is 41.2 Å². The molecule has 6 saturated heterocycles. The number of rotatable bonds is 10. The molecule has 0 amide bonds. The van der Waals surface area contributed by atoms with Gasteiger partial charge in [0, 0.05) is 102 Å². The number of piperidine rings is 3. The molecule has 8 atom stereocenters. The van der Waals surface area contributed by atoms with Crippen molar-refractivity contribution >= 4 is 153 Å². The van der Waals surface area contributed by atoms with E-state index in [1.807, 2.05) is 102 Å². The second-order valence-corrected chi connectivity index (χ2v) is 36.8. The first-order valence-electron chi connectivity index (χ1n) is 34.9. The van der Waals surface area contributed by atoms with E-state index >= 15 is 0 Å². The number of hydrogen-bond donors (Lipinski definition) is 8. The lowest BCUT2D eigenvalue weighted by molar-refractivity contribution is 0.0951. The minimum atomic E-state index is -1.57. The van der Waals surface area contributed by atoms with Crippen LogP contribution in [0.5, 0.6) is 0 Å². The van der Waals surface area contributed by atoms with Crippen LogP contribution in [0.4, 0.5) is 11.9 Å². The maximum atomic E-state index is 12.8. The molecule has 0 aliphatic carbocycles. The van der Waals surface area contributed by atoms with Crippen LogP contribution in [0.3, 0.4) is 0 Å². The number of nitrogens with one attached hydrogen (secondary N) is 4. The van der Waals surface area contributed by atoms with E-state index in [-0.39, 0.29) is 72.7 Å². The lowest BCUT2D eigenvalue weighted by atomic mass is 9.73. The normalized spacial score (nSPS) is 22.2. The van der Waals surface area contributed by atoms with Gasteiger partial charge in [0.25, 0.3) is 0 Å². The molecule has 0 radical (unpaired) electrons. The van der Waals surface area contributed by atoms with Gasteiger partial charge >= 0.3 is 7.12 Å². The Labute approximate surface area is 670 Å². The fourth-order valence-corrected chi connectivity index (χ4v) is 17.9. The van der Waals surface area contributed by atoms with Gasteiger partial charge in [-0.15, -0.1) is 0 Å². The van der Waals surface area contributed by atoms with Crippen molar-refractivity contribution in [1.82, 2.24) is 57.9 Å². The Hall–Kier alpha value is -5.09. The number of hydrogen-bond acceptors (Lipinski definition) is 19. The molecule has 8 aromatic rings. The number of aromatic nitrogens is 9. The average molecular weight is 1740 g/mol. The molecular formula is C68H94BBr2Cl5N22O7S2. The van der Waals surface area contributed by atoms with Crippen LogP contribution in [0.1, 0.15) is 118 Å². The highest BCUT2D eigenvalue weighted by molar-refractivity contribution is 9.11. The number of aryl methyl sites for hydroxylation is 3. The molecule has 0 unspecified atom stereocenters. The van der Waals surface area contributed by atoms with E-state index in [0.717, 1.165) is 157 Å². The van der Waals surface area contributed by atoms with E-state index in [2.05, 4.69) is 129 Å². The highest BCUT2D eigenvalue weighted by Crippen LogP contribution is 2.46. The summed E-state index contributed by atoms with van der Waals surface area (Å²) in [5.41, 5.74) is 19.9. The lowest BCUT2D eigenvalue weighted by Crippen LogP contribution is -2.55. The summed E-state index contributed by atoms with van der Waals surface area (Å²) in [6, 6.07) is 10.7. The predicted octanol–water partition coefficient (Wildman–Crippen LogP) is 12.5. The van der Waals surface area contributed by atoms with Crippen molar-refractivity contribution in [2.75, 3.05) is 68.9 Å². The molecule has 39 heteroatoms. The molecule has 6 aromatic heterocycles. The molecule has 0 bridgehead atoms.